The third kappa shape index (κ3) is 8.16. The van der Waals surface area contributed by atoms with Crippen molar-refractivity contribution in [3.05, 3.63) is 99.0 Å². The van der Waals surface area contributed by atoms with Crippen molar-refractivity contribution in [2.45, 2.75) is 45.3 Å². The molecule has 5 nitrogen and oxygen atoms in total. The molecule has 2 amide bonds. The zero-order chi connectivity index (χ0) is 26.3. The Morgan fingerprint density at radius 3 is 2.22 bits per heavy atom. The summed E-state index contributed by atoms with van der Waals surface area (Å²) in [5.41, 5.74) is 1.08. The monoisotopic (exact) mass is 546 g/mol. The van der Waals surface area contributed by atoms with Gasteiger partial charge in [-0.3, -0.25) is 9.59 Å². The molecule has 3 aromatic carbocycles. The number of carbonyl (C=O) groups excluding carboxylic acids is 2. The van der Waals surface area contributed by atoms with Gasteiger partial charge in [-0.05, 0) is 56.2 Å². The van der Waals surface area contributed by atoms with Gasteiger partial charge < -0.3 is 15.0 Å². The van der Waals surface area contributed by atoms with Crippen LogP contribution in [0.3, 0.4) is 0 Å². The Morgan fingerprint density at radius 1 is 0.917 bits per heavy atom. The van der Waals surface area contributed by atoms with E-state index in [0.29, 0.717) is 32.8 Å². The quantitative estimate of drug-likeness (QED) is 0.329. The number of hydrogen-bond donors (Lipinski definition) is 1. The molecule has 0 fully saturated rings. The number of ether oxygens (including phenoxy) is 1. The van der Waals surface area contributed by atoms with E-state index < -0.39 is 11.6 Å². The molecule has 0 saturated heterocycles. The van der Waals surface area contributed by atoms with Gasteiger partial charge in [0, 0.05) is 28.5 Å². The lowest BCUT2D eigenvalue weighted by molar-refractivity contribution is -0.143. The molecule has 0 aliphatic rings. The third-order valence-corrected chi connectivity index (χ3v) is 6.21. The van der Waals surface area contributed by atoms with E-state index in [1.807, 2.05) is 51.1 Å². The number of para-hydroxylation sites is 1. The lowest BCUT2D eigenvalue weighted by Gasteiger charge is -2.34. The van der Waals surface area contributed by atoms with Gasteiger partial charge in [0.15, 0.2) is 6.61 Å². The number of amides is 2. The first-order valence-electron chi connectivity index (χ1n) is 11.5. The summed E-state index contributed by atoms with van der Waals surface area (Å²) in [5, 5.41) is 4.30. The zero-order valence-corrected chi connectivity index (χ0v) is 22.7. The summed E-state index contributed by atoms with van der Waals surface area (Å²) < 4.78 is 5.74. The van der Waals surface area contributed by atoms with Gasteiger partial charge in [0.1, 0.15) is 11.8 Å². The predicted octanol–water partition coefficient (Wildman–Crippen LogP) is 6.58. The lowest BCUT2D eigenvalue weighted by Crippen LogP contribution is -2.55. The number of nitrogens with zero attached hydrogens (tertiary/aromatic N) is 1. The van der Waals surface area contributed by atoms with Gasteiger partial charge in [-0.1, -0.05) is 83.3 Å². The molecule has 3 aromatic rings. The molecule has 0 radical (unpaired) electrons. The van der Waals surface area contributed by atoms with Crippen LogP contribution in [0, 0.1) is 0 Å². The van der Waals surface area contributed by atoms with Crippen LogP contribution in [0.2, 0.25) is 15.1 Å². The minimum absolute atomic E-state index is 0.0930. The second-order valence-electron chi connectivity index (χ2n) is 9.42. The van der Waals surface area contributed by atoms with Gasteiger partial charge in [-0.15, -0.1) is 0 Å². The first-order chi connectivity index (χ1) is 17.0. The van der Waals surface area contributed by atoms with E-state index in [4.69, 9.17) is 39.5 Å². The van der Waals surface area contributed by atoms with Crippen molar-refractivity contribution in [1.29, 1.82) is 0 Å². The number of rotatable bonds is 9. The Bertz CT molecular complexity index is 1200. The van der Waals surface area contributed by atoms with Crippen LogP contribution in [0.15, 0.2) is 72.8 Å². The van der Waals surface area contributed by atoms with Crippen LogP contribution in [0.4, 0.5) is 0 Å². The van der Waals surface area contributed by atoms with Crippen molar-refractivity contribution in [1.82, 2.24) is 10.2 Å². The number of benzene rings is 3. The van der Waals surface area contributed by atoms with Crippen LogP contribution in [0.5, 0.6) is 5.75 Å². The van der Waals surface area contributed by atoms with Crippen LogP contribution in [0.1, 0.15) is 31.9 Å². The van der Waals surface area contributed by atoms with Crippen LogP contribution >= 0.6 is 34.8 Å². The molecular weight excluding hydrogens is 519 g/mol. The molecule has 0 aliphatic heterocycles. The van der Waals surface area contributed by atoms with E-state index in [-0.39, 0.29) is 25.0 Å². The summed E-state index contributed by atoms with van der Waals surface area (Å²) in [6.07, 6.45) is 0.311. The summed E-state index contributed by atoms with van der Waals surface area (Å²) in [7, 11) is 0. The van der Waals surface area contributed by atoms with Crippen LogP contribution in [-0.4, -0.2) is 34.9 Å². The maximum Gasteiger partial charge on any atom is 0.261 e. The Balaban J connectivity index is 1.97. The summed E-state index contributed by atoms with van der Waals surface area (Å²) in [5.74, 6) is -0.274. The van der Waals surface area contributed by atoms with Crippen LogP contribution in [-0.2, 0) is 22.6 Å². The fraction of sp³-hybridized carbons (Fsp3) is 0.286. The van der Waals surface area contributed by atoms with E-state index >= 15 is 0 Å². The minimum atomic E-state index is -0.819. The molecule has 8 heteroatoms. The van der Waals surface area contributed by atoms with Crippen molar-refractivity contribution in [3.8, 4) is 5.75 Å². The molecule has 0 heterocycles. The van der Waals surface area contributed by atoms with Gasteiger partial charge >= 0.3 is 0 Å². The maximum absolute atomic E-state index is 13.6. The van der Waals surface area contributed by atoms with Crippen molar-refractivity contribution in [2.75, 3.05) is 6.61 Å². The van der Waals surface area contributed by atoms with Crippen molar-refractivity contribution < 1.29 is 14.3 Å². The summed E-state index contributed by atoms with van der Waals surface area (Å²) >= 11 is 18.7. The SMILES string of the molecule is CC(C)(C)NC(=O)C(Cc1ccccc1)N(Cc1ccc(Cl)cc1Cl)C(=O)COc1ccccc1Cl. The fourth-order valence-corrected chi connectivity index (χ4v) is 4.28. The van der Waals surface area contributed by atoms with Crippen LogP contribution < -0.4 is 10.1 Å². The van der Waals surface area contributed by atoms with Crippen molar-refractivity contribution >= 4 is 46.6 Å². The van der Waals surface area contributed by atoms with Gasteiger partial charge in [-0.2, -0.15) is 0 Å². The molecule has 0 aliphatic carbocycles. The number of halogens is 3. The Kier molecular flexibility index (Phi) is 9.66. The molecule has 36 heavy (non-hydrogen) atoms. The number of nitrogens with one attached hydrogen (secondary N) is 1. The van der Waals surface area contributed by atoms with Crippen LogP contribution in [0.25, 0.3) is 0 Å². The topological polar surface area (TPSA) is 58.6 Å². The molecule has 0 bridgehead atoms. The van der Waals surface area contributed by atoms with E-state index in [1.165, 1.54) is 4.90 Å². The third-order valence-electron chi connectivity index (χ3n) is 5.31. The van der Waals surface area contributed by atoms with Gasteiger partial charge in [0.2, 0.25) is 5.91 Å². The first-order valence-corrected chi connectivity index (χ1v) is 12.6. The molecule has 0 spiro atoms. The molecular formula is C28H29Cl3N2O3. The highest BCUT2D eigenvalue weighted by molar-refractivity contribution is 6.35. The molecule has 3 rings (SSSR count). The lowest BCUT2D eigenvalue weighted by atomic mass is 10.0. The average molecular weight is 548 g/mol. The average Bonchev–Trinajstić information content (AvgIpc) is 2.81. The fourth-order valence-electron chi connectivity index (χ4n) is 3.62. The summed E-state index contributed by atoms with van der Waals surface area (Å²) in [4.78, 5) is 28.7. The molecule has 1 atom stereocenters. The molecule has 1 unspecified atom stereocenters. The highest BCUT2D eigenvalue weighted by Crippen LogP contribution is 2.26. The highest BCUT2D eigenvalue weighted by Gasteiger charge is 2.33. The summed E-state index contributed by atoms with van der Waals surface area (Å²) in [6, 6.07) is 20.7. The highest BCUT2D eigenvalue weighted by atomic mass is 35.5. The predicted molar refractivity (Wildman–Crippen MR) is 146 cm³/mol. The van der Waals surface area contributed by atoms with Crippen molar-refractivity contribution in [2.24, 2.45) is 0 Å². The van der Waals surface area contributed by atoms with Gasteiger partial charge in [-0.25, -0.2) is 0 Å². The van der Waals surface area contributed by atoms with E-state index in [9.17, 15) is 9.59 Å². The van der Waals surface area contributed by atoms with E-state index in [0.717, 1.165) is 5.56 Å². The first kappa shape index (κ1) is 27.9. The summed E-state index contributed by atoms with van der Waals surface area (Å²) in [6.45, 7) is 5.48. The Hall–Kier alpha value is -2.73. The second kappa shape index (κ2) is 12.5. The molecule has 1 N–H and O–H groups in total. The Morgan fingerprint density at radius 2 is 1.58 bits per heavy atom. The molecule has 190 valence electrons. The van der Waals surface area contributed by atoms with Crippen molar-refractivity contribution in [3.63, 3.8) is 0 Å². The standard InChI is InChI=1S/C28H29Cl3N2O3/c1-28(2,3)32-27(35)24(15-19-9-5-4-6-10-19)33(17-20-13-14-21(29)16-23(20)31)26(34)18-36-25-12-8-7-11-22(25)30/h4-14,16,24H,15,17-18H2,1-3H3,(H,32,35). The van der Waals surface area contributed by atoms with E-state index in [2.05, 4.69) is 5.32 Å². The van der Waals surface area contributed by atoms with E-state index in [1.54, 1.807) is 42.5 Å². The Labute approximate surface area is 227 Å². The number of hydrogen-bond acceptors (Lipinski definition) is 3. The largest absolute Gasteiger partial charge is 0.482 e. The zero-order valence-electron chi connectivity index (χ0n) is 20.4. The minimum Gasteiger partial charge on any atom is -0.482 e. The second-order valence-corrected chi connectivity index (χ2v) is 10.7. The maximum atomic E-state index is 13.6. The van der Waals surface area contributed by atoms with Gasteiger partial charge in [0.25, 0.3) is 5.91 Å². The smallest absolute Gasteiger partial charge is 0.261 e. The molecule has 0 saturated carbocycles. The number of carbonyl (C=O) groups is 2. The molecule has 0 aromatic heterocycles. The van der Waals surface area contributed by atoms with Gasteiger partial charge in [0.05, 0.1) is 5.02 Å². The normalized spacial score (nSPS) is 12.1.